The number of carbonyl (C=O) groups is 2. The van der Waals surface area contributed by atoms with E-state index in [1.807, 2.05) is 0 Å². The van der Waals surface area contributed by atoms with Gasteiger partial charge in [0, 0.05) is 11.8 Å². The van der Waals surface area contributed by atoms with E-state index in [9.17, 15) is 14.4 Å². The molecule has 1 heterocycles. The lowest BCUT2D eigenvalue weighted by atomic mass is 10.2. The molecule has 1 amide bonds. The molecular weight excluding hydrogens is 378 g/mol. The summed E-state index contributed by atoms with van der Waals surface area (Å²) < 4.78 is 16.3. The fraction of sp³-hybridized carbons (Fsp3) is 0.200. The van der Waals surface area contributed by atoms with Crippen LogP contribution in [0.4, 0.5) is 5.69 Å². The SMILES string of the molecule is COC(=O)c1ccc(NC(=O)Cn2cnc3cc(OC)c(OC)cc3c2=O)cc1. The number of carbonyl (C=O) groups excluding carboxylic acids is 2. The summed E-state index contributed by atoms with van der Waals surface area (Å²) in [6, 6.07) is 9.34. The van der Waals surface area contributed by atoms with Crippen LogP contribution in [0.15, 0.2) is 47.5 Å². The van der Waals surface area contributed by atoms with E-state index in [2.05, 4.69) is 15.0 Å². The fourth-order valence-electron chi connectivity index (χ4n) is 2.76. The highest BCUT2D eigenvalue weighted by Gasteiger charge is 2.13. The highest BCUT2D eigenvalue weighted by atomic mass is 16.5. The second kappa shape index (κ2) is 8.42. The Labute approximate surface area is 165 Å². The van der Waals surface area contributed by atoms with E-state index in [1.165, 1.54) is 50.4 Å². The number of hydrogen-bond donors (Lipinski definition) is 1. The predicted molar refractivity (Wildman–Crippen MR) is 106 cm³/mol. The Kier molecular flexibility index (Phi) is 5.77. The molecule has 0 saturated carbocycles. The Morgan fingerprint density at radius 1 is 1.03 bits per heavy atom. The van der Waals surface area contributed by atoms with Crippen molar-refractivity contribution >= 4 is 28.5 Å². The van der Waals surface area contributed by atoms with Gasteiger partial charge in [-0.1, -0.05) is 0 Å². The van der Waals surface area contributed by atoms with E-state index in [1.54, 1.807) is 18.2 Å². The van der Waals surface area contributed by atoms with Gasteiger partial charge in [-0.05, 0) is 30.3 Å². The number of nitrogens with zero attached hydrogens (tertiary/aromatic N) is 2. The maximum atomic E-state index is 12.7. The zero-order valence-corrected chi connectivity index (χ0v) is 16.1. The molecule has 0 aliphatic rings. The van der Waals surface area contributed by atoms with Crippen LogP contribution >= 0.6 is 0 Å². The molecule has 0 aliphatic heterocycles. The lowest BCUT2D eigenvalue weighted by molar-refractivity contribution is -0.116. The fourth-order valence-corrected chi connectivity index (χ4v) is 2.76. The average Bonchev–Trinajstić information content (AvgIpc) is 2.74. The van der Waals surface area contributed by atoms with Crippen molar-refractivity contribution in [2.45, 2.75) is 6.54 Å². The van der Waals surface area contributed by atoms with Gasteiger partial charge in [-0.2, -0.15) is 0 Å². The van der Waals surface area contributed by atoms with Gasteiger partial charge in [-0.3, -0.25) is 14.2 Å². The lowest BCUT2D eigenvalue weighted by Gasteiger charge is -2.11. The van der Waals surface area contributed by atoms with Crippen molar-refractivity contribution < 1.29 is 23.8 Å². The predicted octanol–water partition coefficient (Wildman–Crippen LogP) is 1.84. The molecule has 0 fully saturated rings. The number of methoxy groups -OCH3 is 3. The first-order chi connectivity index (χ1) is 14.0. The molecule has 9 nitrogen and oxygen atoms in total. The van der Waals surface area contributed by atoms with Crippen molar-refractivity contribution in [3.05, 3.63) is 58.6 Å². The molecular formula is C20H19N3O6. The van der Waals surface area contributed by atoms with Gasteiger partial charge in [-0.25, -0.2) is 9.78 Å². The van der Waals surface area contributed by atoms with Crippen LogP contribution < -0.4 is 20.3 Å². The van der Waals surface area contributed by atoms with Gasteiger partial charge in [0.2, 0.25) is 5.91 Å². The van der Waals surface area contributed by atoms with E-state index < -0.39 is 11.9 Å². The van der Waals surface area contributed by atoms with E-state index in [-0.39, 0.29) is 12.1 Å². The first-order valence-electron chi connectivity index (χ1n) is 8.56. The Hall–Kier alpha value is -3.88. The van der Waals surface area contributed by atoms with Crippen LogP contribution in [0.5, 0.6) is 11.5 Å². The number of benzene rings is 2. The van der Waals surface area contributed by atoms with Gasteiger partial charge in [-0.15, -0.1) is 0 Å². The highest BCUT2D eigenvalue weighted by Crippen LogP contribution is 2.29. The van der Waals surface area contributed by atoms with Gasteiger partial charge in [0.25, 0.3) is 5.56 Å². The number of rotatable bonds is 6. The van der Waals surface area contributed by atoms with Gasteiger partial charge in [0.1, 0.15) is 6.54 Å². The molecule has 0 saturated heterocycles. The largest absolute Gasteiger partial charge is 0.493 e. The number of aromatic nitrogens is 2. The third-order valence-corrected chi connectivity index (χ3v) is 4.23. The molecule has 0 bridgehead atoms. The van der Waals surface area contributed by atoms with Crippen LogP contribution in [-0.2, 0) is 16.1 Å². The van der Waals surface area contributed by atoms with Gasteiger partial charge in [0.15, 0.2) is 11.5 Å². The summed E-state index contributed by atoms with van der Waals surface area (Å²) in [7, 11) is 4.25. The van der Waals surface area contributed by atoms with E-state index >= 15 is 0 Å². The summed E-state index contributed by atoms with van der Waals surface area (Å²) in [5, 5.41) is 2.97. The summed E-state index contributed by atoms with van der Waals surface area (Å²) in [5.74, 6) is -0.0344. The van der Waals surface area contributed by atoms with E-state index in [0.29, 0.717) is 33.7 Å². The van der Waals surface area contributed by atoms with Crippen LogP contribution in [-0.4, -0.2) is 42.8 Å². The number of nitrogens with one attached hydrogen (secondary N) is 1. The van der Waals surface area contributed by atoms with Gasteiger partial charge in [0.05, 0.1) is 44.1 Å². The maximum Gasteiger partial charge on any atom is 0.337 e. The maximum absolute atomic E-state index is 12.7. The molecule has 3 rings (SSSR count). The Morgan fingerprint density at radius 2 is 1.69 bits per heavy atom. The summed E-state index contributed by atoms with van der Waals surface area (Å²) in [5.41, 5.74) is 0.899. The van der Waals surface area contributed by atoms with Crippen LogP contribution in [0.3, 0.4) is 0 Å². The van der Waals surface area contributed by atoms with Gasteiger partial charge >= 0.3 is 5.97 Å². The zero-order valence-electron chi connectivity index (χ0n) is 16.1. The standard InChI is InChI=1S/C20H19N3O6/c1-27-16-8-14-15(9-17(16)28-2)21-11-23(19(14)25)10-18(24)22-13-6-4-12(5-7-13)20(26)29-3/h4-9,11H,10H2,1-3H3,(H,22,24). The topological polar surface area (TPSA) is 109 Å². The summed E-state index contributed by atoms with van der Waals surface area (Å²) in [4.78, 5) is 40.7. The van der Waals surface area contributed by atoms with Crippen molar-refractivity contribution in [3.63, 3.8) is 0 Å². The normalized spacial score (nSPS) is 10.4. The third kappa shape index (κ3) is 4.18. The molecule has 2 aromatic carbocycles. The number of anilines is 1. The highest BCUT2D eigenvalue weighted by molar-refractivity contribution is 5.93. The molecule has 0 spiro atoms. The average molecular weight is 397 g/mol. The smallest absolute Gasteiger partial charge is 0.337 e. The number of fused-ring (bicyclic) bond motifs is 1. The number of esters is 1. The zero-order chi connectivity index (χ0) is 21.0. The molecule has 0 aliphatic carbocycles. The van der Waals surface area contributed by atoms with E-state index in [0.717, 1.165) is 0 Å². The van der Waals surface area contributed by atoms with Crippen molar-refractivity contribution in [3.8, 4) is 11.5 Å². The van der Waals surface area contributed by atoms with Crippen LogP contribution in [0.25, 0.3) is 10.9 Å². The molecule has 3 aromatic rings. The molecule has 0 atom stereocenters. The first kappa shape index (κ1) is 19.9. The van der Waals surface area contributed by atoms with Crippen molar-refractivity contribution in [2.24, 2.45) is 0 Å². The monoisotopic (exact) mass is 397 g/mol. The third-order valence-electron chi connectivity index (χ3n) is 4.23. The van der Waals surface area contributed by atoms with Crippen LogP contribution in [0.2, 0.25) is 0 Å². The number of ether oxygens (including phenoxy) is 3. The Morgan fingerprint density at radius 3 is 2.31 bits per heavy atom. The minimum atomic E-state index is -0.469. The summed E-state index contributed by atoms with van der Waals surface area (Å²) in [6.45, 7) is -0.227. The molecule has 0 unspecified atom stereocenters. The van der Waals surface area contributed by atoms with Crippen LogP contribution in [0, 0.1) is 0 Å². The minimum Gasteiger partial charge on any atom is -0.493 e. The molecule has 150 valence electrons. The first-order valence-corrected chi connectivity index (χ1v) is 8.56. The van der Waals surface area contributed by atoms with Crippen LogP contribution in [0.1, 0.15) is 10.4 Å². The molecule has 1 aromatic heterocycles. The van der Waals surface area contributed by atoms with Crippen molar-refractivity contribution in [1.29, 1.82) is 0 Å². The summed E-state index contributed by atoms with van der Waals surface area (Å²) in [6.07, 6.45) is 1.30. The Bertz CT molecular complexity index is 1120. The minimum absolute atomic E-state index is 0.227. The van der Waals surface area contributed by atoms with Gasteiger partial charge < -0.3 is 19.5 Å². The number of amides is 1. The second-order valence-electron chi connectivity index (χ2n) is 6.02. The lowest BCUT2D eigenvalue weighted by Crippen LogP contribution is -2.28. The quantitative estimate of drug-likeness (QED) is 0.632. The van der Waals surface area contributed by atoms with E-state index in [4.69, 9.17) is 9.47 Å². The molecule has 0 radical (unpaired) electrons. The molecule has 1 N–H and O–H groups in total. The van der Waals surface area contributed by atoms with Crippen molar-refractivity contribution in [1.82, 2.24) is 9.55 Å². The summed E-state index contributed by atoms with van der Waals surface area (Å²) >= 11 is 0. The molecule has 9 heteroatoms. The second-order valence-corrected chi connectivity index (χ2v) is 6.02. The Balaban J connectivity index is 1.80. The number of hydrogen-bond acceptors (Lipinski definition) is 7. The molecule has 29 heavy (non-hydrogen) atoms. The van der Waals surface area contributed by atoms with Crippen molar-refractivity contribution in [2.75, 3.05) is 26.6 Å².